The van der Waals surface area contributed by atoms with E-state index in [0.29, 0.717) is 6.42 Å². The minimum absolute atomic E-state index is 0.0759. The summed E-state index contributed by atoms with van der Waals surface area (Å²) in [4.78, 5) is 22.6. The fraction of sp³-hybridized carbons (Fsp3) is 0.556. The van der Waals surface area contributed by atoms with E-state index in [1.807, 2.05) is 6.92 Å². The maximum atomic E-state index is 11.9. The van der Waals surface area contributed by atoms with Gasteiger partial charge in [0.15, 0.2) is 0 Å². The van der Waals surface area contributed by atoms with Crippen molar-refractivity contribution in [2.75, 3.05) is 13.1 Å². The van der Waals surface area contributed by atoms with E-state index < -0.39 is 17.9 Å². The van der Waals surface area contributed by atoms with Crippen LogP contribution in [0.15, 0.2) is 11.6 Å². The van der Waals surface area contributed by atoms with Crippen molar-refractivity contribution in [1.82, 2.24) is 4.90 Å². The first-order valence-electron chi connectivity index (χ1n) is 4.38. The molecule has 0 unspecified atom stereocenters. The van der Waals surface area contributed by atoms with Crippen LogP contribution in [0.3, 0.4) is 0 Å². The zero-order valence-corrected chi connectivity index (χ0v) is 8.10. The third-order valence-electron chi connectivity index (χ3n) is 2.18. The Morgan fingerprint density at radius 1 is 1.40 bits per heavy atom. The number of carbonyl (C=O) groups is 2. The van der Waals surface area contributed by atoms with Crippen molar-refractivity contribution >= 4 is 11.7 Å². The van der Waals surface area contributed by atoms with Crippen molar-refractivity contribution in [3.63, 3.8) is 0 Å². The summed E-state index contributed by atoms with van der Waals surface area (Å²) >= 11 is 0. The van der Waals surface area contributed by atoms with Crippen molar-refractivity contribution in [2.45, 2.75) is 19.5 Å². The van der Waals surface area contributed by atoms with Crippen LogP contribution < -0.4 is 0 Å². The molecule has 84 valence electrons. The summed E-state index contributed by atoms with van der Waals surface area (Å²) in [5.41, 5.74) is 1.01. The fourth-order valence-electron chi connectivity index (χ4n) is 1.22. The molecule has 0 N–H and O–H groups in total. The molecule has 0 aromatic rings. The number of carbonyl (C=O) groups excluding carboxylic acids is 2. The number of halogens is 3. The van der Waals surface area contributed by atoms with Gasteiger partial charge in [-0.15, -0.1) is 0 Å². The minimum atomic E-state index is -5.08. The molecule has 0 bridgehead atoms. The van der Waals surface area contributed by atoms with Crippen molar-refractivity contribution in [3.8, 4) is 0 Å². The number of ketones is 1. The van der Waals surface area contributed by atoms with Crippen molar-refractivity contribution in [3.05, 3.63) is 11.6 Å². The second-order valence-electron chi connectivity index (χ2n) is 3.38. The lowest BCUT2D eigenvalue weighted by Gasteiger charge is -2.24. The summed E-state index contributed by atoms with van der Waals surface area (Å²) in [7, 11) is 0. The smallest absolute Gasteiger partial charge is 0.332 e. The topological polar surface area (TPSA) is 37.4 Å². The van der Waals surface area contributed by atoms with Crippen molar-refractivity contribution in [2.24, 2.45) is 0 Å². The van der Waals surface area contributed by atoms with E-state index in [1.165, 1.54) is 0 Å². The lowest BCUT2D eigenvalue weighted by atomic mass is 10.1. The molecule has 0 radical (unpaired) electrons. The first kappa shape index (κ1) is 11.7. The molecule has 1 aliphatic rings. The number of nitrogens with zero attached hydrogens (tertiary/aromatic N) is 1. The molecule has 0 saturated carbocycles. The predicted octanol–water partition coefficient (Wildman–Crippen LogP) is 1.30. The van der Waals surface area contributed by atoms with E-state index in [1.54, 1.807) is 6.08 Å². The van der Waals surface area contributed by atoms with Gasteiger partial charge >= 0.3 is 12.0 Å². The number of amides is 1. The van der Waals surface area contributed by atoms with E-state index in [9.17, 15) is 22.8 Å². The number of alkyl halides is 3. The Morgan fingerprint density at radius 2 is 2.00 bits per heavy atom. The summed E-state index contributed by atoms with van der Waals surface area (Å²) in [6.07, 6.45) is -2.92. The lowest BCUT2D eigenvalue weighted by Crippen LogP contribution is -2.44. The monoisotopic (exact) mass is 221 g/mol. The Bertz CT molecular complexity index is 320. The predicted molar refractivity (Wildman–Crippen MR) is 46.0 cm³/mol. The van der Waals surface area contributed by atoms with Gasteiger partial charge < -0.3 is 4.90 Å². The number of rotatable bonds is 1. The Labute approximate surface area is 84.5 Å². The third kappa shape index (κ3) is 2.81. The molecule has 6 heteroatoms. The molecule has 0 saturated heterocycles. The first-order chi connectivity index (χ1) is 6.82. The van der Waals surface area contributed by atoms with Crippen LogP contribution in [0.5, 0.6) is 0 Å². The average molecular weight is 221 g/mol. The molecule has 0 atom stereocenters. The molecule has 1 amide bonds. The van der Waals surface area contributed by atoms with Gasteiger partial charge in [0.2, 0.25) is 0 Å². The zero-order chi connectivity index (χ0) is 11.6. The van der Waals surface area contributed by atoms with Crippen LogP contribution in [0.1, 0.15) is 13.3 Å². The number of hydrogen-bond acceptors (Lipinski definition) is 2. The van der Waals surface area contributed by atoms with Gasteiger partial charge in [-0.3, -0.25) is 9.59 Å². The molecule has 1 heterocycles. The minimum Gasteiger partial charge on any atom is -0.332 e. The van der Waals surface area contributed by atoms with Crippen LogP contribution in [0.4, 0.5) is 13.2 Å². The Hall–Kier alpha value is -1.33. The van der Waals surface area contributed by atoms with Crippen molar-refractivity contribution < 1.29 is 22.8 Å². The Morgan fingerprint density at radius 3 is 2.40 bits per heavy atom. The normalized spacial score (nSPS) is 17.3. The molecule has 0 aliphatic carbocycles. The van der Waals surface area contributed by atoms with Crippen LogP contribution in [-0.4, -0.2) is 35.9 Å². The highest BCUT2D eigenvalue weighted by Gasteiger charge is 2.45. The van der Waals surface area contributed by atoms with Crippen molar-refractivity contribution in [1.29, 1.82) is 0 Å². The number of hydrogen-bond donors (Lipinski definition) is 0. The maximum Gasteiger partial charge on any atom is 0.460 e. The van der Waals surface area contributed by atoms with Gasteiger partial charge in [-0.05, 0) is 13.3 Å². The second-order valence-corrected chi connectivity index (χ2v) is 3.38. The van der Waals surface area contributed by atoms with Crippen LogP contribution in [0.2, 0.25) is 0 Å². The summed E-state index contributed by atoms with van der Waals surface area (Å²) in [6, 6.07) is 0. The van der Waals surface area contributed by atoms with Crippen LogP contribution in [-0.2, 0) is 9.59 Å². The summed E-state index contributed by atoms with van der Waals surface area (Å²) in [6.45, 7) is 2.07. The lowest BCUT2D eigenvalue weighted by molar-refractivity contribution is -0.178. The molecular weight excluding hydrogens is 211 g/mol. The summed E-state index contributed by atoms with van der Waals surface area (Å²) < 4.78 is 35.8. The summed E-state index contributed by atoms with van der Waals surface area (Å²) in [5.74, 6) is -3.76. The van der Waals surface area contributed by atoms with E-state index in [2.05, 4.69) is 0 Å². The molecule has 0 spiro atoms. The third-order valence-corrected chi connectivity index (χ3v) is 2.18. The van der Waals surface area contributed by atoms with E-state index >= 15 is 0 Å². The van der Waals surface area contributed by atoms with Crippen LogP contribution in [0.25, 0.3) is 0 Å². The second kappa shape index (κ2) is 4.04. The molecule has 0 fully saturated rings. The molecule has 3 nitrogen and oxygen atoms in total. The fourth-order valence-corrected chi connectivity index (χ4v) is 1.22. The standard InChI is InChI=1S/C9H10F3NO2/c1-6-2-4-13(5-3-6)8(15)7(14)9(10,11)12/h2H,3-5H2,1H3. The van der Waals surface area contributed by atoms with E-state index in [4.69, 9.17) is 0 Å². The molecule has 0 aromatic carbocycles. The van der Waals surface area contributed by atoms with E-state index in [-0.39, 0.29) is 13.1 Å². The SMILES string of the molecule is CC1=CCN(C(=O)C(=O)C(F)(F)F)CC1. The molecule has 1 aliphatic heterocycles. The zero-order valence-electron chi connectivity index (χ0n) is 8.10. The van der Waals surface area contributed by atoms with Gasteiger partial charge in [0.25, 0.3) is 5.91 Å². The van der Waals surface area contributed by atoms with Crippen LogP contribution >= 0.6 is 0 Å². The highest BCUT2D eigenvalue weighted by Crippen LogP contribution is 2.18. The van der Waals surface area contributed by atoms with Gasteiger partial charge in [-0.1, -0.05) is 11.6 Å². The van der Waals surface area contributed by atoms with Gasteiger partial charge in [0.05, 0.1) is 0 Å². The van der Waals surface area contributed by atoms with Gasteiger partial charge in [0.1, 0.15) is 0 Å². The highest BCUT2D eigenvalue weighted by molar-refractivity contribution is 6.38. The molecular formula is C9H10F3NO2. The molecule has 15 heavy (non-hydrogen) atoms. The summed E-state index contributed by atoms with van der Waals surface area (Å²) in [5, 5.41) is 0. The van der Waals surface area contributed by atoms with Crippen LogP contribution in [0, 0.1) is 0 Å². The van der Waals surface area contributed by atoms with Gasteiger partial charge in [0, 0.05) is 13.1 Å². The quantitative estimate of drug-likeness (QED) is 0.494. The Kier molecular flexibility index (Phi) is 3.16. The molecule has 1 rings (SSSR count). The van der Waals surface area contributed by atoms with Gasteiger partial charge in [-0.25, -0.2) is 0 Å². The average Bonchev–Trinajstić information content (AvgIpc) is 2.15. The first-order valence-corrected chi connectivity index (χ1v) is 4.38. The Balaban J connectivity index is 2.67. The highest BCUT2D eigenvalue weighted by atomic mass is 19.4. The maximum absolute atomic E-state index is 11.9. The number of Topliss-reactive ketones (excluding diaryl/α,β-unsaturated/α-hetero) is 1. The molecule has 0 aromatic heterocycles. The van der Waals surface area contributed by atoms with E-state index in [0.717, 1.165) is 10.5 Å². The largest absolute Gasteiger partial charge is 0.460 e. The van der Waals surface area contributed by atoms with Gasteiger partial charge in [-0.2, -0.15) is 13.2 Å².